The van der Waals surface area contributed by atoms with Crippen LogP contribution in [0.1, 0.15) is 0 Å². The summed E-state index contributed by atoms with van der Waals surface area (Å²) in [5, 5.41) is 3.09. The van der Waals surface area contributed by atoms with Crippen molar-refractivity contribution in [3.8, 4) is 0 Å². The van der Waals surface area contributed by atoms with Gasteiger partial charge in [0.2, 0.25) is 0 Å². The molecule has 0 radical (unpaired) electrons. The van der Waals surface area contributed by atoms with Gasteiger partial charge in [-0.15, -0.1) is 0 Å². The van der Waals surface area contributed by atoms with Crippen LogP contribution in [0.2, 0.25) is 0 Å². The average Bonchev–Trinajstić information content (AvgIpc) is 2.42. The lowest BCUT2D eigenvalue weighted by Crippen LogP contribution is -2.17. The molecule has 0 aromatic heterocycles. The summed E-state index contributed by atoms with van der Waals surface area (Å²) in [5.74, 6) is 2.54. The van der Waals surface area contributed by atoms with Crippen LogP contribution < -0.4 is 5.32 Å². The van der Waals surface area contributed by atoms with Gasteiger partial charge in [-0.1, -0.05) is 0 Å². The minimum atomic E-state index is -2.62. The molecular weight excluding hydrogens is 162 g/mol. The third-order valence-electron chi connectivity index (χ3n) is 2.84. The lowest BCUT2D eigenvalue weighted by atomic mass is 10.3. The van der Waals surface area contributed by atoms with E-state index < -0.39 is 9.84 Å². The van der Waals surface area contributed by atoms with Gasteiger partial charge in [0.15, 0.2) is 9.84 Å². The molecule has 0 amide bonds. The Balaban J connectivity index is 1.96. The van der Waals surface area contributed by atoms with E-state index in [-0.39, 0.29) is 0 Å². The molecular formula is C7H13NO2S. The highest BCUT2D eigenvalue weighted by Gasteiger charge is 2.57. The molecule has 1 heterocycles. The second-order valence-electron chi connectivity index (χ2n) is 3.63. The summed E-state index contributed by atoms with van der Waals surface area (Å²) in [6.45, 7) is 0.991. The molecule has 2 rings (SSSR count). The molecule has 2 fully saturated rings. The molecule has 0 aromatic carbocycles. The van der Waals surface area contributed by atoms with Crippen molar-refractivity contribution in [3.63, 3.8) is 0 Å². The molecule has 1 N–H and O–H groups in total. The zero-order valence-corrected chi connectivity index (χ0v) is 7.39. The Kier molecular flexibility index (Phi) is 1.51. The largest absolute Gasteiger partial charge is 0.319 e. The zero-order valence-electron chi connectivity index (χ0n) is 6.58. The molecule has 0 spiro atoms. The summed E-state index contributed by atoms with van der Waals surface area (Å²) in [5.41, 5.74) is 0. The lowest BCUT2D eigenvalue weighted by molar-refractivity contribution is 0.582. The molecule has 1 saturated carbocycles. The van der Waals surface area contributed by atoms with Gasteiger partial charge in [0, 0.05) is 0 Å². The van der Waals surface area contributed by atoms with Gasteiger partial charge in [0.1, 0.15) is 0 Å². The van der Waals surface area contributed by atoms with Crippen molar-refractivity contribution in [1.29, 1.82) is 0 Å². The maximum absolute atomic E-state index is 11.0. The highest BCUT2D eigenvalue weighted by Crippen LogP contribution is 2.52. The van der Waals surface area contributed by atoms with E-state index in [0.29, 0.717) is 29.3 Å². The monoisotopic (exact) mass is 175 g/mol. The highest BCUT2D eigenvalue weighted by atomic mass is 32.2. The molecule has 4 heteroatoms. The first-order chi connectivity index (χ1) is 5.14. The molecule has 0 bridgehead atoms. The van der Waals surface area contributed by atoms with Crippen LogP contribution in [0.4, 0.5) is 0 Å². The maximum atomic E-state index is 11.0. The van der Waals surface area contributed by atoms with E-state index in [1.54, 1.807) is 0 Å². The third-order valence-corrected chi connectivity index (χ3v) is 4.63. The van der Waals surface area contributed by atoms with Gasteiger partial charge < -0.3 is 5.32 Å². The Bertz CT molecular complexity index is 242. The Morgan fingerprint density at radius 2 is 1.91 bits per heavy atom. The smallest absolute Gasteiger partial charge is 0.150 e. The standard InChI is InChI=1S/C7H13NO2S/c1-8-2-5-6-3-11(9,10)4-7(5)6/h5-8H,2-4H2,1H3. The molecule has 2 unspecified atom stereocenters. The van der Waals surface area contributed by atoms with Gasteiger partial charge in [-0.05, 0) is 31.3 Å². The van der Waals surface area contributed by atoms with Crippen LogP contribution in [0.3, 0.4) is 0 Å². The van der Waals surface area contributed by atoms with Crippen molar-refractivity contribution >= 4 is 9.84 Å². The van der Waals surface area contributed by atoms with E-state index >= 15 is 0 Å². The van der Waals surface area contributed by atoms with Crippen molar-refractivity contribution in [3.05, 3.63) is 0 Å². The van der Waals surface area contributed by atoms with Gasteiger partial charge in [-0.25, -0.2) is 8.42 Å². The SMILES string of the molecule is CNCC1C2CS(=O)(=O)CC12. The quantitative estimate of drug-likeness (QED) is 0.615. The first-order valence-electron chi connectivity index (χ1n) is 3.99. The number of hydrogen-bond acceptors (Lipinski definition) is 3. The first-order valence-corrected chi connectivity index (χ1v) is 5.81. The summed E-state index contributed by atoms with van der Waals surface area (Å²) < 4.78 is 22.0. The van der Waals surface area contributed by atoms with Crippen molar-refractivity contribution in [2.24, 2.45) is 17.8 Å². The molecule has 11 heavy (non-hydrogen) atoms. The van der Waals surface area contributed by atoms with Gasteiger partial charge in [0.05, 0.1) is 11.5 Å². The van der Waals surface area contributed by atoms with Crippen LogP contribution in [0.25, 0.3) is 0 Å². The van der Waals surface area contributed by atoms with Gasteiger partial charge in [-0.2, -0.15) is 0 Å². The molecule has 2 atom stereocenters. The first kappa shape index (κ1) is 7.55. The van der Waals surface area contributed by atoms with Crippen LogP contribution in [-0.4, -0.2) is 33.5 Å². The van der Waals surface area contributed by atoms with E-state index in [2.05, 4.69) is 5.32 Å². The van der Waals surface area contributed by atoms with E-state index in [1.807, 2.05) is 7.05 Å². The maximum Gasteiger partial charge on any atom is 0.150 e. The van der Waals surface area contributed by atoms with E-state index in [4.69, 9.17) is 0 Å². The number of hydrogen-bond donors (Lipinski definition) is 1. The summed E-state index contributed by atoms with van der Waals surface area (Å²) in [6.07, 6.45) is 0. The van der Waals surface area contributed by atoms with Crippen LogP contribution in [0, 0.1) is 17.8 Å². The van der Waals surface area contributed by atoms with Crippen LogP contribution in [0.5, 0.6) is 0 Å². The second kappa shape index (κ2) is 2.20. The van der Waals surface area contributed by atoms with Crippen molar-refractivity contribution in [2.75, 3.05) is 25.1 Å². The Hall–Kier alpha value is -0.0900. The van der Waals surface area contributed by atoms with Crippen LogP contribution in [-0.2, 0) is 9.84 Å². The molecule has 1 saturated heterocycles. The van der Waals surface area contributed by atoms with Crippen molar-refractivity contribution in [1.82, 2.24) is 5.32 Å². The average molecular weight is 175 g/mol. The van der Waals surface area contributed by atoms with E-state index in [0.717, 1.165) is 6.54 Å². The molecule has 64 valence electrons. The van der Waals surface area contributed by atoms with E-state index in [1.165, 1.54) is 0 Å². The zero-order chi connectivity index (χ0) is 8.06. The molecule has 3 nitrogen and oxygen atoms in total. The summed E-state index contributed by atoms with van der Waals surface area (Å²) >= 11 is 0. The fraction of sp³-hybridized carbons (Fsp3) is 1.00. The van der Waals surface area contributed by atoms with Gasteiger partial charge >= 0.3 is 0 Å². The number of nitrogens with one attached hydrogen (secondary N) is 1. The Morgan fingerprint density at radius 1 is 1.36 bits per heavy atom. The molecule has 1 aliphatic carbocycles. The molecule has 0 aromatic rings. The fourth-order valence-corrected chi connectivity index (χ4v) is 4.51. The number of rotatable bonds is 2. The normalized spacial score (nSPS) is 45.4. The highest BCUT2D eigenvalue weighted by molar-refractivity contribution is 7.91. The fourth-order valence-electron chi connectivity index (χ4n) is 2.21. The predicted octanol–water partition coefficient (Wildman–Crippen LogP) is -0.504. The number of sulfone groups is 1. The minimum Gasteiger partial charge on any atom is -0.319 e. The number of fused-ring (bicyclic) bond motifs is 1. The summed E-state index contributed by atoms with van der Waals surface area (Å²) in [4.78, 5) is 0. The second-order valence-corrected chi connectivity index (χ2v) is 5.78. The molecule has 1 aliphatic heterocycles. The van der Waals surface area contributed by atoms with Crippen LogP contribution in [0.15, 0.2) is 0 Å². The van der Waals surface area contributed by atoms with Gasteiger partial charge in [-0.3, -0.25) is 0 Å². The minimum absolute atomic E-state index is 0.448. The van der Waals surface area contributed by atoms with Crippen LogP contribution >= 0.6 is 0 Å². The topological polar surface area (TPSA) is 46.2 Å². The van der Waals surface area contributed by atoms with E-state index in [9.17, 15) is 8.42 Å². The van der Waals surface area contributed by atoms with Crippen molar-refractivity contribution in [2.45, 2.75) is 0 Å². The van der Waals surface area contributed by atoms with Gasteiger partial charge in [0.25, 0.3) is 0 Å². The third kappa shape index (κ3) is 1.18. The lowest BCUT2D eigenvalue weighted by Gasteiger charge is -2.01. The Labute approximate surface area is 67.1 Å². The predicted molar refractivity (Wildman–Crippen MR) is 43.1 cm³/mol. The molecule has 2 aliphatic rings. The summed E-state index contributed by atoms with van der Waals surface area (Å²) in [7, 11) is -0.706. The summed E-state index contributed by atoms with van der Waals surface area (Å²) in [6, 6.07) is 0. The van der Waals surface area contributed by atoms with Crippen molar-refractivity contribution < 1.29 is 8.42 Å². The Morgan fingerprint density at radius 3 is 2.36 bits per heavy atom.